The standard InChI is InChI=1S/C17H34N2O2/c1-6-8-12-19(15-9-10-15)13-11-17(5,18-14(3)4)16(20)21-7-2/h14-15,18H,6-13H2,1-5H3. The van der Waals surface area contributed by atoms with Crippen molar-refractivity contribution in [2.75, 3.05) is 19.7 Å². The zero-order chi connectivity index (χ0) is 15.9. The van der Waals surface area contributed by atoms with Gasteiger partial charge < -0.3 is 9.64 Å². The van der Waals surface area contributed by atoms with E-state index in [1.165, 1.54) is 25.7 Å². The Hall–Kier alpha value is -0.610. The van der Waals surface area contributed by atoms with Crippen LogP contribution in [0.3, 0.4) is 0 Å². The lowest BCUT2D eigenvalue weighted by molar-refractivity contribution is -0.151. The molecule has 0 bridgehead atoms. The van der Waals surface area contributed by atoms with Crippen LogP contribution >= 0.6 is 0 Å². The minimum absolute atomic E-state index is 0.120. The van der Waals surface area contributed by atoms with Gasteiger partial charge in [-0.2, -0.15) is 0 Å². The number of carbonyl (C=O) groups excluding carboxylic acids is 1. The number of esters is 1. The number of rotatable bonds is 11. The molecule has 0 aromatic carbocycles. The van der Waals surface area contributed by atoms with Crippen LogP contribution in [0.2, 0.25) is 0 Å². The molecule has 124 valence electrons. The van der Waals surface area contributed by atoms with Crippen LogP contribution in [0.25, 0.3) is 0 Å². The van der Waals surface area contributed by atoms with Crippen LogP contribution in [-0.4, -0.2) is 48.2 Å². The third kappa shape index (κ3) is 6.35. The Morgan fingerprint density at radius 3 is 2.48 bits per heavy atom. The number of hydrogen-bond acceptors (Lipinski definition) is 4. The molecule has 0 aromatic rings. The second-order valence-corrected chi connectivity index (χ2v) is 6.72. The maximum absolute atomic E-state index is 12.3. The van der Waals surface area contributed by atoms with Crippen molar-refractivity contribution in [3.05, 3.63) is 0 Å². The van der Waals surface area contributed by atoms with E-state index in [1.54, 1.807) is 0 Å². The van der Waals surface area contributed by atoms with E-state index in [4.69, 9.17) is 4.74 Å². The molecule has 1 saturated carbocycles. The Bertz CT molecular complexity index is 316. The summed E-state index contributed by atoms with van der Waals surface area (Å²) >= 11 is 0. The molecule has 1 atom stereocenters. The summed E-state index contributed by atoms with van der Waals surface area (Å²) in [5.74, 6) is -0.120. The average molecular weight is 298 g/mol. The molecule has 1 unspecified atom stereocenters. The highest BCUT2D eigenvalue weighted by atomic mass is 16.5. The third-order valence-corrected chi connectivity index (χ3v) is 4.09. The Morgan fingerprint density at radius 2 is 2.00 bits per heavy atom. The number of nitrogens with one attached hydrogen (secondary N) is 1. The fraction of sp³-hybridized carbons (Fsp3) is 0.941. The van der Waals surface area contributed by atoms with E-state index < -0.39 is 5.54 Å². The van der Waals surface area contributed by atoms with Gasteiger partial charge in [0, 0.05) is 18.6 Å². The van der Waals surface area contributed by atoms with Crippen LogP contribution in [0.15, 0.2) is 0 Å². The Kier molecular flexibility index (Phi) is 7.67. The smallest absolute Gasteiger partial charge is 0.326 e. The number of hydrogen-bond donors (Lipinski definition) is 1. The average Bonchev–Trinajstić information content (AvgIpc) is 3.22. The molecule has 0 spiro atoms. The van der Waals surface area contributed by atoms with Crippen LogP contribution in [0.5, 0.6) is 0 Å². The molecule has 0 aliphatic heterocycles. The molecular formula is C17H34N2O2. The molecular weight excluding hydrogens is 264 g/mol. The normalized spacial score (nSPS) is 18.0. The summed E-state index contributed by atoms with van der Waals surface area (Å²) in [4.78, 5) is 14.9. The van der Waals surface area contributed by atoms with Crippen molar-refractivity contribution in [1.29, 1.82) is 0 Å². The second kappa shape index (κ2) is 8.74. The molecule has 0 aromatic heterocycles. The first kappa shape index (κ1) is 18.4. The van der Waals surface area contributed by atoms with Gasteiger partial charge in [-0.15, -0.1) is 0 Å². The van der Waals surface area contributed by atoms with Gasteiger partial charge >= 0.3 is 5.97 Å². The highest BCUT2D eigenvalue weighted by molar-refractivity contribution is 5.80. The maximum Gasteiger partial charge on any atom is 0.326 e. The summed E-state index contributed by atoms with van der Waals surface area (Å²) in [5.41, 5.74) is -0.580. The molecule has 21 heavy (non-hydrogen) atoms. The van der Waals surface area contributed by atoms with Gasteiger partial charge in [0.2, 0.25) is 0 Å². The lowest BCUT2D eigenvalue weighted by Gasteiger charge is -2.33. The van der Waals surface area contributed by atoms with Crippen molar-refractivity contribution >= 4 is 5.97 Å². The number of nitrogens with zero attached hydrogens (tertiary/aromatic N) is 1. The van der Waals surface area contributed by atoms with Crippen molar-refractivity contribution in [2.45, 2.75) is 84.3 Å². The van der Waals surface area contributed by atoms with Gasteiger partial charge in [0.1, 0.15) is 5.54 Å². The van der Waals surface area contributed by atoms with Crippen LogP contribution in [-0.2, 0) is 9.53 Å². The molecule has 1 aliphatic carbocycles. The largest absolute Gasteiger partial charge is 0.465 e. The van der Waals surface area contributed by atoms with Crippen LogP contribution in [0, 0.1) is 0 Å². The Balaban J connectivity index is 2.59. The lowest BCUT2D eigenvalue weighted by Crippen LogP contribution is -2.54. The molecule has 1 fully saturated rings. The van der Waals surface area contributed by atoms with E-state index in [0.717, 1.165) is 25.6 Å². The first-order chi connectivity index (χ1) is 9.92. The maximum atomic E-state index is 12.3. The second-order valence-electron chi connectivity index (χ2n) is 6.72. The van der Waals surface area contributed by atoms with Crippen molar-refractivity contribution in [3.63, 3.8) is 0 Å². The van der Waals surface area contributed by atoms with Crippen LogP contribution in [0.1, 0.15) is 66.7 Å². The summed E-state index contributed by atoms with van der Waals surface area (Å²) in [6, 6.07) is 1.02. The fourth-order valence-electron chi connectivity index (χ4n) is 2.81. The first-order valence-electron chi connectivity index (χ1n) is 8.62. The number of unbranched alkanes of at least 4 members (excludes halogenated alkanes) is 1. The summed E-state index contributed by atoms with van der Waals surface area (Å²) in [6.45, 7) is 12.8. The molecule has 4 nitrogen and oxygen atoms in total. The number of ether oxygens (including phenoxy) is 1. The summed E-state index contributed by atoms with van der Waals surface area (Å²) in [7, 11) is 0. The Labute approximate surface area is 130 Å². The lowest BCUT2D eigenvalue weighted by atomic mass is 9.96. The predicted octanol–water partition coefficient (Wildman–Crippen LogP) is 2.96. The quantitative estimate of drug-likeness (QED) is 0.596. The van der Waals surface area contributed by atoms with E-state index in [1.807, 2.05) is 13.8 Å². The van der Waals surface area contributed by atoms with Crippen molar-refractivity contribution in [1.82, 2.24) is 10.2 Å². The van der Waals surface area contributed by atoms with Gasteiger partial charge in [-0.05, 0) is 59.9 Å². The van der Waals surface area contributed by atoms with Gasteiger partial charge in [-0.25, -0.2) is 0 Å². The fourth-order valence-corrected chi connectivity index (χ4v) is 2.81. The van der Waals surface area contributed by atoms with Crippen LogP contribution in [0.4, 0.5) is 0 Å². The molecule has 1 N–H and O–H groups in total. The van der Waals surface area contributed by atoms with Crippen molar-refractivity contribution in [3.8, 4) is 0 Å². The van der Waals surface area contributed by atoms with Crippen LogP contribution < -0.4 is 5.32 Å². The predicted molar refractivity (Wildman–Crippen MR) is 87.4 cm³/mol. The zero-order valence-corrected chi connectivity index (χ0v) is 14.6. The minimum atomic E-state index is -0.580. The topological polar surface area (TPSA) is 41.6 Å². The summed E-state index contributed by atoms with van der Waals surface area (Å²) < 4.78 is 5.28. The van der Waals surface area contributed by atoms with E-state index >= 15 is 0 Å². The van der Waals surface area contributed by atoms with E-state index in [2.05, 4.69) is 31.0 Å². The van der Waals surface area contributed by atoms with E-state index in [9.17, 15) is 4.79 Å². The molecule has 1 aliphatic rings. The highest BCUT2D eigenvalue weighted by Crippen LogP contribution is 2.28. The molecule has 1 rings (SSSR count). The monoisotopic (exact) mass is 298 g/mol. The SMILES string of the molecule is CCCCN(CCC(C)(NC(C)C)C(=O)OCC)C1CC1. The first-order valence-corrected chi connectivity index (χ1v) is 8.62. The molecule has 0 saturated heterocycles. The van der Waals surface area contributed by atoms with Gasteiger partial charge in [-0.1, -0.05) is 13.3 Å². The summed E-state index contributed by atoms with van der Waals surface area (Å²) in [6.07, 6.45) is 5.91. The van der Waals surface area contributed by atoms with Gasteiger partial charge in [0.15, 0.2) is 0 Å². The molecule has 0 amide bonds. The van der Waals surface area contributed by atoms with E-state index in [-0.39, 0.29) is 12.0 Å². The Morgan fingerprint density at radius 1 is 1.33 bits per heavy atom. The molecule has 4 heteroatoms. The van der Waals surface area contributed by atoms with Crippen molar-refractivity contribution < 1.29 is 9.53 Å². The number of carbonyl (C=O) groups is 1. The molecule has 0 radical (unpaired) electrons. The van der Waals surface area contributed by atoms with Gasteiger partial charge in [0.25, 0.3) is 0 Å². The highest BCUT2D eigenvalue weighted by Gasteiger charge is 2.37. The minimum Gasteiger partial charge on any atom is -0.465 e. The zero-order valence-electron chi connectivity index (χ0n) is 14.6. The summed E-state index contributed by atoms with van der Waals surface area (Å²) in [5, 5.41) is 3.41. The van der Waals surface area contributed by atoms with Crippen molar-refractivity contribution in [2.24, 2.45) is 0 Å². The van der Waals surface area contributed by atoms with Gasteiger partial charge in [0.05, 0.1) is 6.61 Å². The van der Waals surface area contributed by atoms with Gasteiger partial charge in [-0.3, -0.25) is 10.1 Å². The third-order valence-electron chi connectivity index (χ3n) is 4.09. The van der Waals surface area contributed by atoms with E-state index in [0.29, 0.717) is 6.61 Å². The molecule has 0 heterocycles.